The monoisotopic (exact) mass is 282 g/mol. The molecule has 104 valence electrons. The fraction of sp³-hybridized carbons (Fsp3) is 0. The Morgan fingerprint density at radius 1 is 0.455 bits per heavy atom. The molecule has 0 unspecified atom stereocenters. The van der Waals surface area contributed by atoms with Crippen molar-refractivity contribution in [2.24, 2.45) is 0 Å². The molecule has 0 atom stereocenters. The highest BCUT2D eigenvalue weighted by atomic mass is 14.8. The zero-order chi connectivity index (χ0) is 14.8. The third-order valence-corrected chi connectivity index (χ3v) is 3.68. The lowest BCUT2D eigenvalue weighted by atomic mass is 10.1. The van der Waals surface area contributed by atoms with Gasteiger partial charge in [0.15, 0.2) is 0 Å². The van der Waals surface area contributed by atoms with Crippen LogP contribution in [-0.2, 0) is 0 Å². The van der Waals surface area contributed by atoms with E-state index in [0.717, 1.165) is 33.5 Å². The SMILES string of the molecule is c1ccc(-c2cccc(-c3ccc4ccccc4n3)n2)cc1. The van der Waals surface area contributed by atoms with Crippen LogP contribution in [0.3, 0.4) is 0 Å². The standard InChI is InChI=1S/C20H14N2/c1-2-7-15(8-3-1)18-11-6-12-19(21-18)20-14-13-16-9-4-5-10-17(16)22-20/h1-14H. The van der Waals surface area contributed by atoms with E-state index in [1.807, 2.05) is 60.7 Å². The summed E-state index contributed by atoms with van der Waals surface area (Å²) in [6, 6.07) is 28.5. The number of nitrogens with zero attached hydrogens (tertiary/aromatic N) is 2. The van der Waals surface area contributed by atoms with Gasteiger partial charge in [0.2, 0.25) is 0 Å². The summed E-state index contributed by atoms with van der Waals surface area (Å²) in [6.45, 7) is 0. The minimum Gasteiger partial charge on any atom is -0.246 e. The maximum absolute atomic E-state index is 4.76. The van der Waals surface area contributed by atoms with Crippen molar-refractivity contribution in [2.75, 3.05) is 0 Å². The number of fused-ring (bicyclic) bond motifs is 1. The van der Waals surface area contributed by atoms with Gasteiger partial charge in [-0.3, -0.25) is 0 Å². The molecule has 2 heterocycles. The first kappa shape index (κ1) is 12.7. The molecule has 0 amide bonds. The van der Waals surface area contributed by atoms with E-state index >= 15 is 0 Å². The first-order chi connectivity index (χ1) is 10.9. The van der Waals surface area contributed by atoms with E-state index in [0.29, 0.717) is 0 Å². The van der Waals surface area contributed by atoms with Gasteiger partial charge in [0.1, 0.15) is 0 Å². The minimum absolute atomic E-state index is 0.895. The Hall–Kier alpha value is -3.00. The second-order valence-electron chi connectivity index (χ2n) is 5.16. The van der Waals surface area contributed by atoms with E-state index in [2.05, 4.69) is 24.3 Å². The zero-order valence-electron chi connectivity index (χ0n) is 12.0. The minimum atomic E-state index is 0.895. The van der Waals surface area contributed by atoms with Gasteiger partial charge in [0.25, 0.3) is 0 Å². The Morgan fingerprint density at radius 3 is 2.09 bits per heavy atom. The van der Waals surface area contributed by atoms with Crippen LogP contribution in [0.4, 0.5) is 0 Å². The second kappa shape index (κ2) is 5.41. The Kier molecular flexibility index (Phi) is 3.13. The van der Waals surface area contributed by atoms with Crippen LogP contribution in [0, 0.1) is 0 Å². The first-order valence-corrected chi connectivity index (χ1v) is 7.29. The molecule has 0 saturated carbocycles. The Morgan fingerprint density at radius 2 is 1.18 bits per heavy atom. The molecule has 0 fully saturated rings. The molecule has 2 nitrogen and oxygen atoms in total. The zero-order valence-corrected chi connectivity index (χ0v) is 12.0. The second-order valence-corrected chi connectivity index (χ2v) is 5.16. The van der Waals surface area contributed by atoms with Crippen molar-refractivity contribution in [1.29, 1.82) is 0 Å². The van der Waals surface area contributed by atoms with Crippen LogP contribution >= 0.6 is 0 Å². The third-order valence-electron chi connectivity index (χ3n) is 3.68. The predicted octanol–water partition coefficient (Wildman–Crippen LogP) is 4.96. The summed E-state index contributed by atoms with van der Waals surface area (Å²) in [5.41, 5.74) is 4.87. The smallest absolute Gasteiger partial charge is 0.0894 e. The maximum atomic E-state index is 4.76. The van der Waals surface area contributed by atoms with E-state index < -0.39 is 0 Å². The molecule has 0 bridgehead atoms. The molecule has 2 aromatic carbocycles. The van der Waals surface area contributed by atoms with Crippen molar-refractivity contribution in [1.82, 2.24) is 9.97 Å². The number of benzene rings is 2. The van der Waals surface area contributed by atoms with Crippen LogP contribution < -0.4 is 0 Å². The topological polar surface area (TPSA) is 25.8 Å². The largest absolute Gasteiger partial charge is 0.246 e. The van der Waals surface area contributed by atoms with Gasteiger partial charge in [-0.05, 0) is 24.3 Å². The quantitative estimate of drug-likeness (QED) is 0.519. The van der Waals surface area contributed by atoms with Crippen LogP contribution in [0.15, 0.2) is 84.9 Å². The number of rotatable bonds is 2. The summed E-state index contributed by atoms with van der Waals surface area (Å²) in [5, 5.41) is 1.14. The molecule has 0 aliphatic heterocycles. The van der Waals surface area contributed by atoms with Crippen molar-refractivity contribution in [3.8, 4) is 22.6 Å². The van der Waals surface area contributed by atoms with Crippen molar-refractivity contribution in [2.45, 2.75) is 0 Å². The van der Waals surface area contributed by atoms with Gasteiger partial charge in [-0.1, -0.05) is 60.7 Å². The highest BCUT2D eigenvalue weighted by Gasteiger charge is 2.05. The molecular formula is C20H14N2. The maximum Gasteiger partial charge on any atom is 0.0894 e. The molecule has 0 saturated heterocycles. The lowest BCUT2D eigenvalue weighted by Crippen LogP contribution is -1.90. The number of pyridine rings is 2. The van der Waals surface area contributed by atoms with E-state index in [4.69, 9.17) is 9.97 Å². The van der Waals surface area contributed by atoms with Crippen molar-refractivity contribution in [3.63, 3.8) is 0 Å². The number of para-hydroxylation sites is 1. The van der Waals surface area contributed by atoms with E-state index in [1.54, 1.807) is 0 Å². The van der Waals surface area contributed by atoms with Gasteiger partial charge < -0.3 is 0 Å². The van der Waals surface area contributed by atoms with Crippen LogP contribution in [0.1, 0.15) is 0 Å². The normalized spacial score (nSPS) is 10.7. The number of hydrogen-bond donors (Lipinski definition) is 0. The molecule has 0 N–H and O–H groups in total. The van der Waals surface area contributed by atoms with Crippen molar-refractivity contribution >= 4 is 10.9 Å². The van der Waals surface area contributed by atoms with Gasteiger partial charge >= 0.3 is 0 Å². The Balaban J connectivity index is 1.81. The highest BCUT2D eigenvalue weighted by molar-refractivity contribution is 5.81. The van der Waals surface area contributed by atoms with E-state index in [9.17, 15) is 0 Å². The van der Waals surface area contributed by atoms with E-state index in [-0.39, 0.29) is 0 Å². The summed E-state index contributed by atoms with van der Waals surface area (Å²) in [6.07, 6.45) is 0. The van der Waals surface area contributed by atoms with Gasteiger partial charge in [0.05, 0.1) is 22.6 Å². The molecule has 2 aromatic heterocycles. The Labute approximate surface area is 129 Å². The summed E-state index contributed by atoms with van der Waals surface area (Å²) in [4.78, 5) is 9.48. The molecule has 22 heavy (non-hydrogen) atoms. The fourth-order valence-electron chi connectivity index (χ4n) is 2.56. The average Bonchev–Trinajstić information content (AvgIpc) is 2.62. The predicted molar refractivity (Wildman–Crippen MR) is 90.4 cm³/mol. The summed E-state index contributed by atoms with van der Waals surface area (Å²) >= 11 is 0. The fourth-order valence-corrected chi connectivity index (χ4v) is 2.56. The van der Waals surface area contributed by atoms with Crippen LogP contribution in [-0.4, -0.2) is 9.97 Å². The van der Waals surface area contributed by atoms with Crippen LogP contribution in [0.2, 0.25) is 0 Å². The van der Waals surface area contributed by atoms with Crippen LogP contribution in [0.25, 0.3) is 33.5 Å². The van der Waals surface area contributed by atoms with Gasteiger partial charge in [-0.25, -0.2) is 9.97 Å². The van der Waals surface area contributed by atoms with Gasteiger partial charge in [-0.2, -0.15) is 0 Å². The summed E-state index contributed by atoms with van der Waals surface area (Å²) in [5.74, 6) is 0. The van der Waals surface area contributed by atoms with Gasteiger partial charge in [-0.15, -0.1) is 0 Å². The third kappa shape index (κ3) is 2.35. The molecule has 4 rings (SSSR count). The summed E-state index contributed by atoms with van der Waals surface area (Å²) < 4.78 is 0. The molecule has 0 spiro atoms. The van der Waals surface area contributed by atoms with Crippen LogP contribution in [0.5, 0.6) is 0 Å². The number of aromatic nitrogens is 2. The molecule has 2 heteroatoms. The lowest BCUT2D eigenvalue weighted by molar-refractivity contribution is 1.28. The van der Waals surface area contributed by atoms with Crippen molar-refractivity contribution in [3.05, 3.63) is 84.9 Å². The molecule has 0 aliphatic rings. The molecule has 4 aromatic rings. The molecule has 0 radical (unpaired) electrons. The Bertz CT molecular complexity index is 930. The van der Waals surface area contributed by atoms with Crippen molar-refractivity contribution < 1.29 is 0 Å². The molecule has 0 aliphatic carbocycles. The summed E-state index contributed by atoms with van der Waals surface area (Å²) in [7, 11) is 0. The molecular weight excluding hydrogens is 268 g/mol. The van der Waals surface area contributed by atoms with Gasteiger partial charge in [0, 0.05) is 10.9 Å². The highest BCUT2D eigenvalue weighted by Crippen LogP contribution is 2.23. The number of hydrogen-bond acceptors (Lipinski definition) is 2. The average molecular weight is 282 g/mol. The van der Waals surface area contributed by atoms with E-state index in [1.165, 1.54) is 0 Å². The lowest BCUT2D eigenvalue weighted by Gasteiger charge is -2.05. The first-order valence-electron chi connectivity index (χ1n) is 7.29.